The van der Waals surface area contributed by atoms with Gasteiger partial charge in [0, 0.05) is 24.7 Å². The van der Waals surface area contributed by atoms with Crippen LogP contribution in [0.1, 0.15) is 24.5 Å². The van der Waals surface area contributed by atoms with Gasteiger partial charge in [-0.3, -0.25) is 15.0 Å². The van der Waals surface area contributed by atoms with Gasteiger partial charge in [0.25, 0.3) is 0 Å². The van der Waals surface area contributed by atoms with E-state index in [1.807, 2.05) is 19.1 Å². The van der Waals surface area contributed by atoms with Crippen molar-refractivity contribution in [3.8, 4) is 0 Å². The van der Waals surface area contributed by atoms with Crippen LogP contribution < -0.4 is 10.2 Å². The fraction of sp³-hybridized carbons (Fsp3) is 0.312. The molecule has 1 fully saturated rings. The number of anilines is 1. The average Bonchev–Trinajstić information content (AvgIpc) is 2.46. The molecule has 0 aliphatic carbocycles. The zero-order chi connectivity index (χ0) is 16.1. The van der Waals surface area contributed by atoms with Crippen molar-refractivity contribution < 1.29 is 19.1 Å². The zero-order valence-corrected chi connectivity index (χ0v) is 12.6. The Hall–Kier alpha value is -2.63. The topological polar surface area (TPSA) is 75.7 Å². The molecule has 0 unspecified atom stereocenters. The predicted octanol–water partition coefficient (Wildman–Crippen LogP) is 2.02. The maximum Gasteiger partial charge on any atom is 0.330 e. The molecule has 1 aromatic carbocycles. The predicted molar refractivity (Wildman–Crippen MR) is 82.3 cm³/mol. The Labute approximate surface area is 128 Å². The van der Waals surface area contributed by atoms with Crippen LogP contribution in [0.25, 0.3) is 6.08 Å². The number of benzene rings is 1. The molecule has 1 saturated heterocycles. The van der Waals surface area contributed by atoms with E-state index in [-0.39, 0.29) is 12.3 Å². The van der Waals surface area contributed by atoms with E-state index < -0.39 is 12.0 Å². The average molecular weight is 302 g/mol. The van der Waals surface area contributed by atoms with E-state index in [9.17, 15) is 14.4 Å². The van der Waals surface area contributed by atoms with E-state index in [0.717, 1.165) is 16.8 Å². The van der Waals surface area contributed by atoms with Crippen molar-refractivity contribution in [2.75, 3.05) is 18.1 Å². The van der Waals surface area contributed by atoms with Gasteiger partial charge in [0.1, 0.15) is 0 Å². The maximum atomic E-state index is 11.8. The van der Waals surface area contributed by atoms with E-state index in [2.05, 4.69) is 5.32 Å². The van der Waals surface area contributed by atoms with Crippen molar-refractivity contribution in [2.45, 2.75) is 20.3 Å². The van der Waals surface area contributed by atoms with Crippen LogP contribution >= 0.6 is 0 Å². The molecule has 1 aliphatic heterocycles. The van der Waals surface area contributed by atoms with E-state index in [4.69, 9.17) is 4.74 Å². The Morgan fingerprint density at radius 2 is 2.18 bits per heavy atom. The van der Waals surface area contributed by atoms with E-state index >= 15 is 0 Å². The molecule has 0 atom stereocenters. The number of nitrogens with one attached hydrogen (secondary N) is 1. The molecule has 6 nitrogen and oxygen atoms in total. The summed E-state index contributed by atoms with van der Waals surface area (Å²) >= 11 is 0. The van der Waals surface area contributed by atoms with Gasteiger partial charge in [-0.1, -0.05) is 6.07 Å². The van der Waals surface area contributed by atoms with Gasteiger partial charge in [0.2, 0.25) is 5.91 Å². The Morgan fingerprint density at radius 3 is 2.82 bits per heavy atom. The van der Waals surface area contributed by atoms with Crippen LogP contribution in [0, 0.1) is 6.92 Å². The largest absolute Gasteiger partial charge is 0.463 e. The number of ether oxygens (including phenoxy) is 1. The van der Waals surface area contributed by atoms with E-state index in [1.54, 1.807) is 19.1 Å². The molecule has 0 radical (unpaired) electrons. The minimum absolute atomic E-state index is 0.257. The monoisotopic (exact) mass is 302 g/mol. The molecule has 1 aliphatic rings. The second-order valence-corrected chi connectivity index (χ2v) is 4.89. The molecule has 22 heavy (non-hydrogen) atoms. The smallest absolute Gasteiger partial charge is 0.330 e. The second kappa shape index (κ2) is 6.89. The van der Waals surface area contributed by atoms with Gasteiger partial charge in [0.15, 0.2) is 0 Å². The first-order valence-electron chi connectivity index (χ1n) is 7.08. The first-order chi connectivity index (χ1) is 10.5. The number of hydrogen-bond acceptors (Lipinski definition) is 4. The molecule has 0 saturated carbocycles. The highest BCUT2D eigenvalue weighted by molar-refractivity contribution is 6.06. The normalized spacial score (nSPS) is 15.1. The fourth-order valence-electron chi connectivity index (χ4n) is 2.23. The fourth-order valence-corrected chi connectivity index (χ4v) is 2.23. The summed E-state index contributed by atoms with van der Waals surface area (Å²) in [7, 11) is 0. The van der Waals surface area contributed by atoms with Crippen LogP contribution in [0.2, 0.25) is 0 Å². The number of carbonyl (C=O) groups is 3. The van der Waals surface area contributed by atoms with Crippen molar-refractivity contribution in [1.29, 1.82) is 0 Å². The number of urea groups is 1. The van der Waals surface area contributed by atoms with Gasteiger partial charge in [-0.15, -0.1) is 0 Å². The van der Waals surface area contributed by atoms with Crippen LogP contribution in [-0.4, -0.2) is 31.1 Å². The maximum absolute atomic E-state index is 11.8. The van der Waals surface area contributed by atoms with Gasteiger partial charge >= 0.3 is 12.0 Å². The Kier molecular flexibility index (Phi) is 4.93. The summed E-state index contributed by atoms with van der Waals surface area (Å²) in [5.41, 5.74) is 2.47. The lowest BCUT2D eigenvalue weighted by molar-refractivity contribution is -0.137. The number of imide groups is 1. The molecule has 0 aromatic heterocycles. The van der Waals surface area contributed by atoms with Crippen molar-refractivity contribution in [1.82, 2.24) is 5.32 Å². The van der Waals surface area contributed by atoms with Crippen LogP contribution in [0.5, 0.6) is 0 Å². The highest BCUT2D eigenvalue weighted by Gasteiger charge is 2.25. The van der Waals surface area contributed by atoms with Crippen molar-refractivity contribution >= 4 is 29.7 Å². The zero-order valence-electron chi connectivity index (χ0n) is 12.6. The van der Waals surface area contributed by atoms with Gasteiger partial charge in [-0.05, 0) is 43.2 Å². The summed E-state index contributed by atoms with van der Waals surface area (Å²) in [6.45, 7) is 4.33. The van der Waals surface area contributed by atoms with Crippen LogP contribution in [0.15, 0.2) is 24.3 Å². The second-order valence-electron chi connectivity index (χ2n) is 4.89. The van der Waals surface area contributed by atoms with Crippen LogP contribution in [0.4, 0.5) is 10.5 Å². The lowest BCUT2D eigenvalue weighted by atomic mass is 10.1. The van der Waals surface area contributed by atoms with Crippen molar-refractivity contribution in [2.24, 2.45) is 0 Å². The van der Waals surface area contributed by atoms with E-state index in [1.165, 1.54) is 11.0 Å². The number of hydrogen-bond donors (Lipinski definition) is 1. The third kappa shape index (κ3) is 3.72. The SMILES string of the molecule is CCOC(=O)/C=C/c1ccc(N2CCC(=O)NC2=O)c(C)c1. The molecule has 3 amide bonds. The van der Waals surface area contributed by atoms with Crippen LogP contribution in [-0.2, 0) is 14.3 Å². The number of amides is 3. The first kappa shape index (κ1) is 15.8. The van der Waals surface area contributed by atoms with Crippen molar-refractivity contribution in [3.63, 3.8) is 0 Å². The number of nitrogens with zero attached hydrogens (tertiary/aromatic N) is 1. The van der Waals surface area contributed by atoms with Gasteiger partial charge in [-0.25, -0.2) is 9.59 Å². The lowest BCUT2D eigenvalue weighted by Gasteiger charge is -2.28. The Morgan fingerprint density at radius 1 is 1.41 bits per heavy atom. The standard InChI is InChI=1S/C16H18N2O4/c1-3-22-15(20)7-5-12-4-6-13(11(2)10-12)18-9-8-14(19)17-16(18)21/h4-7,10H,3,8-9H2,1-2H3,(H,17,19,21)/b7-5+. The molecule has 0 bridgehead atoms. The Bertz CT molecular complexity index is 637. The molecule has 2 rings (SSSR count). The third-order valence-corrected chi connectivity index (χ3v) is 3.26. The Balaban J connectivity index is 2.14. The molecular weight excluding hydrogens is 284 g/mol. The van der Waals surface area contributed by atoms with Gasteiger partial charge < -0.3 is 4.74 Å². The summed E-state index contributed by atoms with van der Waals surface area (Å²) in [5, 5.41) is 2.30. The lowest BCUT2D eigenvalue weighted by Crippen LogP contribution is -2.49. The molecule has 1 aromatic rings. The molecule has 116 valence electrons. The number of aryl methyl sites for hydroxylation is 1. The molecule has 6 heteroatoms. The molecule has 1 N–H and O–H groups in total. The molecular formula is C16H18N2O4. The minimum Gasteiger partial charge on any atom is -0.463 e. The highest BCUT2D eigenvalue weighted by atomic mass is 16.5. The summed E-state index contributed by atoms with van der Waals surface area (Å²) in [6.07, 6.45) is 3.31. The first-order valence-corrected chi connectivity index (χ1v) is 7.08. The highest BCUT2D eigenvalue weighted by Crippen LogP contribution is 2.23. The summed E-state index contributed by atoms with van der Waals surface area (Å²) in [5.74, 6) is -0.647. The van der Waals surface area contributed by atoms with Gasteiger partial charge in [-0.2, -0.15) is 0 Å². The molecule has 0 spiro atoms. The number of rotatable bonds is 4. The summed E-state index contributed by atoms with van der Waals surface area (Å²) in [6, 6.07) is 5.07. The number of esters is 1. The van der Waals surface area contributed by atoms with Crippen molar-refractivity contribution in [3.05, 3.63) is 35.4 Å². The summed E-state index contributed by atoms with van der Waals surface area (Å²) < 4.78 is 4.82. The van der Waals surface area contributed by atoms with E-state index in [0.29, 0.717) is 13.2 Å². The summed E-state index contributed by atoms with van der Waals surface area (Å²) in [4.78, 5) is 35.9. The molecule has 1 heterocycles. The van der Waals surface area contributed by atoms with Gasteiger partial charge in [0.05, 0.1) is 6.61 Å². The third-order valence-electron chi connectivity index (χ3n) is 3.26. The minimum atomic E-state index is -0.408. The van der Waals surface area contributed by atoms with Crippen LogP contribution in [0.3, 0.4) is 0 Å². The number of carbonyl (C=O) groups excluding carboxylic acids is 3. The quantitative estimate of drug-likeness (QED) is 0.682.